The highest BCUT2D eigenvalue weighted by atomic mass is 16.6. The summed E-state index contributed by atoms with van der Waals surface area (Å²) < 4.78 is 5.26. The van der Waals surface area contributed by atoms with Crippen molar-refractivity contribution in [3.05, 3.63) is 83.4 Å². The van der Waals surface area contributed by atoms with Crippen LogP contribution in [0.4, 0.5) is 4.79 Å². The molecule has 0 unspecified atom stereocenters. The maximum atomic E-state index is 12.5. The highest BCUT2D eigenvalue weighted by molar-refractivity contribution is 5.98. The quantitative estimate of drug-likeness (QED) is 0.425. The van der Waals surface area contributed by atoms with Crippen LogP contribution in [0.3, 0.4) is 0 Å². The molecule has 0 spiro atoms. The van der Waals surface area contributed by atoms with E-state index in [0.29, 0.717) is 18.7 Å². The predicted molar refractivity (Wildman–Crippen MR) is 142 cm³/mol. The molecule has 2 amide bonds. The van der Waals surface area contributed by atoms with Crippen LogP contribution >= 0.6 is 0 Å². The van der Waals surface area contributed by atoms with Crippen molar-refractivity contribution in [1.82, 2.24) is 15.5 Å². The number of alkyl carbamates (subject to hydrolysis) is 1. The number of rotatable bonds is 10. The van der Waals surface area contributed by atoms with Crippen molar-refractivity contribution in [3.63, 3.8) is 0 Å². The maximum absolute atomic E-state index is 12.5. The summed E-state index contributed by atoms with van der Waals surface area (Å²) in [6, 6.07) is 22.1. The number of nitrogens with one attached hydrogen (secondary N) is 2. The van der Waals surface area contributed by atoms with E-state index >= 15 is 0 Å². The number of aryl methyl sites for hydroxylation is 1. The van der Waals surface area contributed by atoms with Crippen LogP contribution in [0.15, 0.2) is 66.7 Å². The second kappa shape index (κ2) is 12.4. The number of amides is 2. The maximum Gasteiger partial charge on any atom is 0.407 e. The van der Waals surface area contributed by atoms with E-state index in [4.69, 9.17) is 4.74 Å². The van der Waals surface area contributed by atoms with Gasteiger partial charge in [0.05, 0.1) is 0 Å². The largest absolute Gasteiger partial charge is 0.444 e. The van der Waals surface area contributed by atoms with Crippen molar-refractivity contribution in [2.45, 2.75) is 45.8 Å². The molecular formula is C29H37N3O3. The van der Waals surface area contributed by atoms with Crippen molar-refractivity contribution in [1.29, 1.82) is 0 Å². The fraction of sp³-hybridized carbons (Fsp3) is 0.379. The van der Waals surface area contributed by atoms with Crippen LogP contribution in [0.5, 0.6) is 0 Å². The average Bonchev–Trinajstić information content (AvgIpc) is 2.82. The topological polar surface area (TPSA) is 70.7 Å². The van der Waals surface area contributed by atoms with Crippen LogP contribution in [-0.2, 0) is 17.7 Å². The monoisotopic (exact) mass is 475 g/mol. The lowest BCUT2D eigenvalue weighted by Crippen LogP contribution is -2.33. The molecule has 0 aliphatic carbocycles. The van der Waals surface area contributed by atoms with E-state index in [1.807, 2.05) is 75.4 Å². The van der Waals surface area contributed by atoms with Gasteiger partial charge in [-0.15, -0.1) is 0 Å². The summed E-state index contributed by atoms with van der Waals surface area (Å²) in [5, 5.41) is 8.01. The van der Waals surface area contributed by atoms with E-state index in [2.05, 4.69) is 34.7 Å². The van der Waals surface area contributed by atoms with Crippen LogP contribution in [0.2, 0.25) is 0 Å². The van der Waals surface area contributed by atoms with Gasteiger partial charge in [-0.05, 0) is 81.2 Å². The minimum atomic E-state index is -0.496. The molecule has 186 valence electrons. The first-order chi connectivity index (χ1) is 16.7. The molecule has 3 aromatic rings. The van der Waals surface area contributed by atoms with Gasteiger partial charge >= 0.3 is 6.09 Å². The summed E-state index contributed by atoms with van der Waals surface area (Å²) in [5.74, 6) is -0.0367. The van der Waals surface area contributed by atoms with Crippen LogP contribution in [0, 0.1) is 0 Å². The Bertz CT molecular complexity index is 1120. The third kappa shape index (κ3) is 9.06. The van der Waals surface area contributed by atoms with E-state index < -0.39 is 11.7 Å². The number of carbonyl (C=O) groups is 2. The van der Waals surface area contributed by atoms with E-state index in [1.165, 1.54) is 5.56 Å². The highest BCUT2D eigenvalue weighted by Crippen LogP contribution is 2.15. The Morgan fingerprint density at radius 2 is 1.54 bits per heavy atom. The lowest BCUT2D eigenvalue weighted by molar-refractivity contribution is 0.0523. The Hall–Kier alpha value is -3.38. The molecule has 3 rings (SSSR count). The zero-order valence-corrected chi connectivity index (χ0v) is 21.3. The highest BCUT2D eigenvalue weighted by Gasteiger charge is 2.15. The lowest BCUT2D eigenvalue weighted by Gasteiger charge is -2.19. The second-order valence-corrected chi connectivity index (χ2v) is 9.90. The number of benzene rings is 3. The third-order valence-corrected chi connectivity index (χ3v) is 5.65. The molecule has 3 aromatic carbocycles. The molecule has 0 saturated carbocycles. The Morgan fingerprint density at radius 1 is 0.857 bits per heavy atom. The minimum Gasteiger partial charge on any atom is -0.444 e. The Morgan fingerprint density at radius 3 is 2.26 bits per heavy atom. The van der Waals surface area contributed by atoms with Gasteiger partial charge in [0.25, 0.3) is 5.91 Å². The Balaban J connectivity index is 1.32. The van der Waals surface area contributed by atoms with E-state index in [1.54, 1.807) is 0 Å². The molecule has 0 heterocycles. The SMILES string of the molecule is CN(CCCc1ccc(CNC(=O)OC(C)(C)C)cc1)CCNC(=O)c1ccc2ccccc2c1. The van der Waals surface area contributed by atoms with Gasteiger partial charge in [0.2, 0.25) is 0 Å². The molecule has 0 atom stereocenters. The zero-order chi connectivity index (χ0) is 25.3. The number of likely N-dealkylation sites (N-methyl/N-ethyl adjacent to an activating group) is 1. The minimum absolute atomic E-state index is 0.0367. The molecule has 35 heavy (non-hydrogen) atoms. The number of nitrogens with zero attached hydrogens (tertiary/aromatic N) is 1. The summed E-state index contributed by atoms with van der Waals surface area (Å²) in [5.41, 5.74) is 2.50. The first kappa shape index (κ1) is 26.2. The van der Waals surface area contributed by atoms with E-state index in [-0.39, 0.29) is 5.91 Å². The number of fused-ring (bicyclic) bond motifs is 1. The molecule has 0 bridgehead atoms. The van der Waals surface area contributed by atoms with Crippen molar-refractivity contribution in [2.24, 2.45) is 0 Å². The van der Waals surface area contributed by atoms with Crippen molar-refractivity contribution < 1.29 is 14.3 Å². The third-order valence-electron chi connectivity index (χ3n) is 5.65. The van der Waals surface area contributed by atoms with Gasteiger partial charge in [-0.2, -0.15) is 0 Å². The van der Waals surface area contributed by atoms with Crippen LogP contribution in [0.1, 0.15) is 48.7 Å². The zero-order valence-electron chi connectivity index (χ0n) is 21.3. The molecule has 0 aliphatic heterocycles. The normalized spacial score (nSPS) is 11.5. The van der Waals surface area contributed by atoms with Gasteiger partial charge in [0, 0.05) is 25.2 Å². The van der Waals surface area contributed by atoms with Crippen molar-refractivity contribution in [2.75, 3.05) is 26.7 Å². The number of carbonyl (C=O) groups excluding carboxylic acids is 2. The molecule has 6 heteroatoms. The van der Waals surface area contributed by atoms with E-state index in [0.717, 1.165) is 42.3 Å². The molecule has 0 fully saturated rings. The van der Waals surface area contributed by atoms with Crippen LogP contribution in [0.25, 0.3) is 10.8 Å². The summed E-state index contributed by atoms with van der Waals surface area (Å²) in [7, 11) is 2.08. The van der Waals surface area contributed by atoms with Gasteiger partial charge in [-0.3, -0.25) is 4.79 Å². The van der Waals surface area contributed by atoms with Crippen LogP contribution in [-0.4, -0.2) is 49.2 Å². The Labute approximate surface area is 208 Å². The summed E-state index contributed by atoms with van der Waals surface area (Å²) >= 11 is 0. The molecule has 0 saturated heterocycles. The smallest absolute Gasteiger partial charge is 0.407 e. The molecule has 0 aliphatic rings. The first-order valence-electron chi connectivity index (χ1n) is 12.2. The summed E-state index contributed by atoms with van der Waals surface area (Å²) in [6.07, 6.45) is 1.61. The number of ether oxygens (including phenoxy) is 1. The van der Waals surface area contributed by atoms with Crippen molar-refractivity contribution >= 4 is 22.8 Å². The average molecular weight is 476 g/mol. The van der Waals surface area contributed by atoms with Crippen LogP contribution < -0.4 is 10.6 Å². The number of hydrogen-bond donors (Lipinski definition) is 2. The first-order valence-corrected chi connectivity index (χ1v) is 12.2. The standard InChI is InChI=1S/C29H37N3O3/c1-29(2,3)35-28(34)31-21-23-13-11-22(12-14-23)8-7-18-32(4)19-17-30-27(33)26-16-15-24-9-5-6-10-25(24)20-26/h5-6,9-16,20H,7-8,17-19,21H2,1-4H3,(H,30,33)(H,31,34). The fourth-order valence-corrected chi connectivity index (χ4v) is 3.77. The summed E-state index contributed by atoms with van der Waals surface area (Å²) in [4.78, 5) is 26.5. The van der Waals surface area contributed by atoms with Gasteiger partial charge in [-0.1, -0.05) is 54.6 Å². The molecule has 2 N–H and O–H groups in total. The van der Waals surface area contributed by atoms with Gasteiger partial charge in [-0.25, -0.2) is 4.79 Å². The lowest BCUT2D eigenvalue weighted by atomic mass is 10.1. The van der Waals surface area contributed by atoms with Gasteiger partial charge in [0.1, 0.15) is 5.60 Å². The van der Waals surface area contributed by atoms with Gasteiger partial charge < -0.3 is 20.3 Å². The summed E-state index contributed by atoms with van der Waals surface area (Å²) in [6.45, 7) is 8.36. The molecule has 6 nitrogen and oxygen atoms in total. The Kier molecular flexibility index (Phi) is 9.26. The number of hydrogen-bond acceptors (Lipinski definition) is 4. The second-order valence-electron chi connectivity index (χ2n) is 9.90. The van der Waals surface area contributed by atoms with Gasteiger partial charge in [0.15, 0.2) is 0 Å². The molecule has 0 aromatic heterocycles. The fourth-order valence-electron chi connectivity index (χ4n) is 3.77. The molecular weight excluding hydrogens is 438 g/mol. The van der Waals surface area contributed by atoms with Crippen molar-refractivity contribution in [3.8, 4) is 0 Å². The molecule has 0 radical (unpaired) electrons. The van der Waals surface area contributed by atoms with E-state index in [9.17, 15) is 9.59 Å². The predicted octanol–water partition coefficient (Wildman–Crippen LogP) is 5.16.